The van der Waals surface area contributed by atoms with Crippen LogP contribution in [0.25, 0.3) is 0 Å². The molecule has 4 heteroatoms. The first-order chi connectivity index (χ1) is 9.11. The highest BCUT2D eigenvalue weighted by atomic mass is 15.3. The zero-order chi connectivity index (χ0) is 13.8. The van der Waals surface area contributed by atoms with Crippen LogP contribution >= 0.6 is 0 Å². The van der Waals surface area contributed by atoms with Crippen LogP contribution in [0.5, 0.6) is 0 Å². The van der Waals surface area contributed by atoms with Crippen LogP contribution in [0.3, 0.4) is 0 Å². The molecular formula is C15H26N4. The molecule has 0 spiro atoms. The lowest BCUT2D eigenvalue weighted by Gasteiger charge is -2.39. The minimum absolute atomic E-state index is 0.384. The van der Waals surface area contributed by atoms with Crippen molar-refractivity contribution in [3.63, 3.8) is 0 Å². The normalized spacial score (nSPS) is 22.5. The Morgan fingerprint density at radius 3 is 2.95 bits per heavy atom. The summed E-state index contributed by atoms with van der Waals surface area (Å²) in [6.45, 7) is 10.9. The zero-order valence-electron chi connectivity index (χ0n) is 12.6. The Morgan fingerprint density at radius 2 is 2.26 bits per heavy atom. The second-order valence-electron chi connectivity index (χ2n) is 5.53. The maximum Gasteiger partial charge on any atom is 0.129 e. The van der Waals surface area contributed by atoms with Crippen LogP contribution in [0.4, 0.5) is 5.82 Å². The summed E-state index contributed by atoms with van der Waals surface area (Å²) >= 11 is 0. The van der Waals surface area contributed by atoms with Gasteiger partial charge in [-0.15, -0.1) is 0 Å². The molecular weight excluding hydrogens is 236 g/mol. The molecule has 1 aromatic heterocycles. The average molecular weight is 262 g/mol. The van der Waals surface area contributed by atoms with E-state index in [-0.39, 0.29) is 0 Å². The number of rotatable bonds is 4. The van der Waals surface area contributed by atoms with Crippen molar-refractivity contribution in [2.24, 2.45) is 0 Å². The molecule has 2 unspecified atom stereocenters. The van der Waals surface area contributed by atoms with Crippen LogP contribution in [0, 0.1) is 0 Å². The molecule has 4 nitrogen and oxygen atoms in total. The number of hydrogen-bond acceptors (Lipinski definition) is 4. The number of aromatic nitrogens is 1. The van der Waals surface area contributed by atoms with E-state index in [2.05, 4.69) is 60.1 Å². The van der Waals surface area contributed by atoms with E-state index < -0.39 is 0 Å². The van der Waals surface area contributed by atoms with Crippen molar-refractivity contribution < 1.29 is 0 Å². The topological polar surface area (TPSA) is 31.4 Å². The molecule has 1 N–H and O–H groups in total. The Kier molecular flexibility index (Phi) is 4.77. The monoisotopic (exact) mass is 262 g/mol. The SMILES string of the molecule is CCNC(C)c1ccnc(N2CCN(C)CC2C)c1. The molecule has 0 aliphatic carbocycles. The third-order valence-corrected chi connectivity index (χ3v) is 3.90. The van der Waals surface area contributed by atoms with Gasteiger partial charge in [0, 0.05) is 37.9 Å². The lowest BCUT2D eigenvalue weighted by atomic mass is 10.1. The summed E-state index contributed by atoms with van der Waals surface area (Å²) in [6, 6.07) is 5.25. The number of nitrogens with zero attached hydrogens (tertiary/aromatic N) is 3. The van der Waals surface area contributed by atoms with Crippen molar-refractivity contribution in [3.8, 4) is 0 Å². The van der Waals surface area contributed by atoms with Gasteiger partial charge in [-0.3, -0.25) is 0 Å². The van der Waals surface area contributed by atoms with E-state index in [0.717, 1.165) is 32.0 Å². The van der Waals surface area contributed by atoms with E-state index in [1.807, 2.05) is 6.20 Å². The van der Waals surface area contributed by atoms with E-state index in [9.17, 15) is 0 Å². The summed E-state index contributed by atoms with van der Waals surface area (Å²) in [7, 11) is 2.19. The van der Waals surface area contributed by atoms with Crippen molar-refractivity contribution in [3.05, 3.63) is 23.9 Å². The number of nitrogens with one attached hydrogen (secondary N) is 1. The highest BCUT2D eigenvalue weighted by molar-refractivity contribution is 5.43. The Hall–Kier alpha value is -1.13. The molecule has 1 fully saturated rings. The maximum atomic E-state index is 4.56. The average Bonchev–Trinajstić information content (AvgIpc) is 2.39. The third-order valence-electron chi connectivity index (χ3n) is 3.90. The smallest absolute Gasteiger partial charge is 0.129 e. The number of pyridine rings is 1. The first-order valence-corrected chi connectivity index (χ1v) is 7.26. The fraction of sp³-hybridized carbons (Fsp3) is 0.667. The summed E-state index contributed by atoms with van der Waals surface area (Å²) in [5.41, 5.74) is 1.32. The standard InChI is InChI=1S/C15H26N4/c1-5-16-13(3)14-6-7-17-15(10-14)19-9-8-18(4)11-12(19)2/h6-7,10,12-13,16H,5,8-9,11H2,1-4H3. The molecule has 1 saturated heterocycles. The minimum atomic E-state index is 0.384. The van der Waals surface area contributed by atoms with Crippen molar-refractivity contribution in [1.82, 2.24) is 15.2 Å². The fourth-order valence-corrected chi connectivity index (χ4v) is 2.76. The molecule has 106 valence electrons. The van der Waals surface area contributed by atoms with Crippen LogP contribution < -0.4 is 10.2 Å². The molecule has 0 saturated carbocycles. The second kappa shape index (κ2) is 6.35. The molecule has 19 heavy (non-hydrogen) atoms. The van der Waals surface area contributed by atoms with Gasteiger partial charge in [0.2, 0.25) is 0 Å². The zero-order valence-corrected chi connectivity index (χ0v) is 12.6. The lowest BCUT2D eigenvalue weighted by Crippen LogP contribution is -2.50. The van der Waals surface area contributed by atoms with Crippen LogP contribution in [0.1, 0.15) is 32.4 Å². The van der Waals surface area contributed by atoms with E-state index in [0.29, 0.717) is 12.1 Å². The second-order valence-corrected chi connectivity index (χ2v) is 5.53. The third kappa shape index (κ3) is 3.45. The van der Waals surface area contributed by atoms with Crippen LogP contribution in [-0.4, -0.2) is 49.2 Å². The predicted molar refractivity (Wildman–Crippen MR) is 80.6 cm³/mol. The van der Waals surface area contributed by atoms with Gasteiger partial charge in [0.15, 0.2) is 0 Å². The molecule has 0 amide bonds. The van der Waals surface area contributed by atoms with Crippen LogP contribution in [0.2, 0.25) is 0 Å². The van der Waals surface area contributed by atoms with E-state index >= 15 is 0 Å². The minimum Gasteiger partial charge on any atom is -0.351 e. The lowest BCUT2D eigenvalue weighted by molar-refractivity contribution is 0.274. The van der Waals surface area contributed by atoms with Gasteiger partial charge in [-0.25, -0.2) is 4.98 Å². The first kappa shape index (κ1) is 14.3. The Morgan fingerprint density at radius 1 is 1.47 bits per heavy atom. The van der Waals surface area contributed by atoms with Crippen LogP contribution in [0.15, 0.2) is 18.3 Å². The number of hydrogen-bond donors (Lipinski definition) is 1. The highest BCUT2D eigenvalue weighted by Crippen LogP contribution is 2.21. The van der Waals surface area contributed by atoms with Crippen molar-refractivity contribution in [1.29, 1.82) is 0 Å². The predicted octanol–water partition coefficient (Wildman–Crippen LogP) is 1.89. The Bertz CT molecular complexity index is 407. The van der Waals surface area contributed by atoms with Crippen molar-refractivity contribution >= 4 is 5.82 Å². The highest BCUT2D eigenvalue weighted by Gasteiger charge is 2.22. The summed E-state index contributed by atoms with van der Waals surface area (Å²) in [4.78, 5) is 9.36. The van der Waals surface area contributed by atoms with Gasteiger partial charge in [0.05, 0.1) is 0 Å². The summed E-state index contributed by atoms with van der Waals surface area (Å²) in [5.74, 6) is 1.11. The van der Waals surface area contributed by atoms with Crippen molar-refractivity contribution in [2.45, 2.75) is 32.9 Å². The number of anilines is 1. The molecule has 2 atom stereocenters. The van der Waals surface area contributed by atoms with Gasteiger partial charge < -0.3 is 15.1 Å². The largest absolute Gasteiger partial charge is 0.351 e. The number of piperazine rings is 1. The van der Waals surface area contributed by atoms with Crippen LogP contribution in [-0.2, 0) is 0 Å². The van der Waals surface area contributed by atoms with Gasteiger partial charge >= 0.3 is 0 Å². The molecule has 0 radical (unpaired) electrons. The Balaban J connectivity index is 2.14. The Labute approximate surface area is 116 Å². The van der Waals surface area contributed by atoms with Gasteiger partial charge in [-0.05, 0) is 45.1 Å². The van der Waals surface area contributed by atoms with E-state index in [4.69, 9.17) is 0 Å². The molecule has 1 aromatic rings. The van der Waals surface area contributed by atoms with Gasteiger partial charge in [-0.2, -0.15) is 0 Å². The van der Waals surface area contributed by atoms with E-state index in [1.54, 1.807) is 0 Å². The molecule has 1 aliphatic rings. The quantitative estimate of drug-likeness (QED) is 0.898. The first-order valence-electron chi connectivity index (χ1n) is 7.26. The summed E-state index contributed by atoms with van der Waals surface area (Å²) in [5, 5.41) is 3.46. The molecule has 0 aromatic carbocycles. The summed E-state index contributed by atoms with van der Waals surface area (Å²) in [6.07, 6.45) is 1.93. The molecule has 0 bridgehead atoms. The molecule has 2 heterocycles. The summed E-state index contributed by atoms with van der Waals surface area (Å²) < 4.78 is 0. The van der Waals surface area contributed by atoms with Gasteiger partial charge in [0.1, 0.15) is 5.82 Å². The molecule has 2 rings (SSSR count). The number of likely N-dealkylation sites (N-methyl/N-ethyl adjacent to an activating group) is 1. The van der Waals surface area contributed by atoms with Gasteiger partial charge in [-0.1, -0.05) is 6.92 Å². The van der Waals surface area contributed by atoms with Crippen molar-refractivity contribution in [2.75, 3.05) is 38.1 Å². The maximum absolute atomic E-state index is 4.56. The molecule has 1 aliphatic heterocycles. The van der Waals surface area contributed by atoms with E-state index in [1.165, 1.54) is 5.56 Å². The van der Waals surface area contributed by atoms with Gasteiger partial charge in [0.25, 0.3) is 0 Å². The fourth-order valence-electron chi connectivity index (χ4n) is 2.76.